The van der Waals surface area contributed by atoms with Crippen molar-refractivity contribution in [1.82, 2.24) is 5.32 Å². The molecule has 1 amide bonds. The first-order valence-corrected chi connectivity index (χ1v) is 13.6. The van der Waals surface area contributed by atoms with Gasteiger partial charge in [0.1, 0.15) is 0 Å². The van der Waals surface area contributed by atoms with E-state index in [9.17, 15) is 9.90 Å². The van der Waals surface area contributed by atoms with Crippen LogP contribution < -0.4 is 20.5 Å². The van der Waals surface area contributed by atoms with Gasteiger partial charge in [0.25, 0.3) is 0 Å². The highest BCUT2D eigenvalue weighted by Gasteiger charge is 2.31. The minimum absolute atomic E-state index is 0. The molecule has 2 aromatic carbocycles. The van der Waals surface area contributed by atoms with Crippen LogP contribution in [-0.4, -0.2) is 57.1 Å². The van der Waals surface area contributed by atoms with E-state index in [2.05, 4.69) is 19.2 Å². The Kier molecular flexibility index (Phi) is 14.9. The zero-order valence-electron chi connectivity index (χ0n) is 24.7. The summed E-state index contributed by atoms with van der Waals surface area (Å²) >= 11 is 0. The van der Waals surface area contributed by atoms with Crippen molar-refractivity contribution < 1.29 is 24.1 Å². The average Bonchev–Trinajstić information content (AvgIpc) is 2.89. The molecule has 0 radical (unpaired) electrons. The number of aliphatic hydroxyl groups is 1. The van der Waals surface area contributed by atoms with Gasteiger partial charge < -0.3 is 30.4 Å². The van der Waals surface area contributed by atoms with Gasteiger partial charge >= 0.3 is 0 Å². The van der Waals surface area contributed by atoms with E-state index in [4.69, 9.17) is 19.9 Å². The SMILES string of the molecule is COCCCOc1cc(CC(CC(N)C(O)CNC(=O)C(C)(C)c2cccc(C)c2)C(C)C)ccc1OC.Cl. The van der Waals surface area contributed by atoms with Crippen molar-refractivity contribution in [3.63, 3.8) is 0 Å². The Balaban J connectivity index is 0.00000760. The number of halogens is 1. The molecule has 0 bridgehead atoms. The van der Waals surface area contributed by atoms with Gasteiger partial charge in [0.15, 0.2) is 11.5 Å². The molecular formula is C31H49ClN2O5. The van der Waals surface area contributed by atoms with Gasteiger partial charge in [0.05, 0.1) is 25.2 Å². The van der Waals surface area contributed by atoms with Gasteiger partial charge in [-0.25, -0.2) is 0 Å². The van der Waals surface area contributed by atoms with Crippen LogP contribution in [0.4, 0.5) is 0 Å². The molecule has 8 heteroatoms. The lowest BCUT2D eigenvalue weighted by atomic mass is 9.82. The first-order chi connectivity index (χ1) is 18.0. The summed E-state index contributed by atoms with van der Waals surface area (Å²) in [6, 6.07) is 13.5. The van der Waals surface area contributed by atoms with E-state index in [1.807, 2.05) is 63.2 Å². The van der Waals surface area contributed by atoms with E-state index < -0.39 is 17.6 Å². The summed E-state index contributed by atoms with van der Waals surface area (Å²) in [5, 5.41) is 13.7. The number of hydrogen-bond donors (Lipinski definition) is 3. The second-order valence-electron chi connectivity index (χ2n) is 11.1. The van der Waals surface area contributed by atoms with E-state index in [0.717, 1.165) is 29.5 Å². The van der Waals surface area contributed by atoms with Crippen molar-refractivity contribution >= 4 is 18.3 Å². The Morgan fingerprint density at radius 1 is 1.08 bits per heavy atom. The molecule has 2 rings (SSSR count). The van der Waals surface area contributed by atoms with Crippen molar-refractivity contribution in [3.8, 4) is 11.5 Å². The monoisotopic (exact) mass is 564 g/mol. The Morgan fingerprint density at radius 3 is 2.41 bits per heavy atom. The molecule has 0 aliphatic heterocycles. The van der Waals surface area contributed by atoms with E-state index >= 15 is 0 Å². The highest BCUT2D eigenvalue weighted by Crippen LogP contribution is 2.31. The molecule has 3 unspecified atom stereocenters. The quantitative estimate of drug-likeness (QED) is 0.252. The smallest absolute Gasteiger partial charge is 0.230 e. The standard InChI is InChI=1S/C31H48N2O5.ClH/c1-21(2)24(17-23-12-13-28(37-7)29(18-23)38-15-9-14-36-6)19-26(32)27(34)20-33-30(35)31(4,5)25-11-8-10-22(3)16-25;/h8,10-13,16,18,21,24,26-27,34H,9,14-15,17,19-20,32H2,1-7H3,(H,33,35);1H. The number of rotatable bonds is 16. The number of carbonyl (C=O) groups is 1. The van der Waals surface area contributed by atoms with E-state index in [-0.39, 0.29) is 30.8 Å². The lowest BCUT2D eigenvalue weighted by Crippen LogP contribution is -2.48. The number of carbonyl (C=O) groups excluding carboxylic acids is 1. The summed E-state index contributed by atoms with van der Waals surface area (Å²) in [6.45, 7) is 11.4. The molecule has 0 fully saturated rings. The zero-order valence-corrected chi connectivity index (χ0v) is 25.5. The van der Waals surface area contributed by atoms with Gasteiger partial charge in [-0.1, -0.05) is 49.7 Å². The first-order valence-electron chi connectivity index (χ1n) is 13.6. The van der Waals surface area contributed by atoms with E-state index in [0.29, 0.717) is 37.1 Å². The van der Waals surface area contributed by atoms with Crippen molar-refractivity contribution in [2.75, 3.05) is 34.0 Å². The van der Waals surface area contributed by atoms with Gasteiger partial charge in [-0.3, -0.25) is 4.79 Å². The van der Waals surface area contributed by atoms with Gasteiger partial charge in [-0.2, -0.15) is 0 Å². The van der Waals surface area contributed by atoms with Gasteiger partial charge in [0, 0.05) is 32.7 Å². The lowest BCUT2D eigenvalue weighted by molar-refractivity contribution is -0.126. The fourth-order valence-corrected chi connectivity index (χ4v) is 4.48. The Bertz CT molecular complexity index is 1010. The highest BCUT2D eigenvalue weighted by molar-refractivity contribution is 5.87. The molecule has 0 aliphatic carbocycles. The van der Waals surface area contributed by atoms with E-state index in [1.165, 1.54) is 0 Å². The molecule has 39 heavy (non-hydrogen) atoms. The van der Waals surface area contributed by atoms with E-state index in [1.54, 1.807) is 14.2 Å². The summed E-state index contributed by atoms with van der Waals surface area (Å²) in [5.74, 6) is 1.88. The third kappa shape index (κ3) is 10.6. The lowest BCUT2D eigenvalue weighted by Gasteiger charge is -2.29. The van der Waals surface area contributed by atoms with Crippen LogP contribution in [0.1, 0.15) is 57.2 Å². The predicted molar refractivity (Wildman–Crippen MR) is 160 cm³/mol. The van der Waals surface area contributed by atoms with Gasteiger partial charge in [-0.05, 0) is 68.7 Å². The number of nitrogens with two attached hydrogens (primary N) is 1. The summed E-state index contributed by atoms with van der Waals surface area (Å²) < 4.78 is 16.5. The number of benzene rings is 2. The molecule has 2 aromatic rings. The van der Waals surface area contributed by atoms with Crippen molar-refractivity contribution in [3.05, 3.63) is 59.2 Å². The van der Waals surface area contributed by atoms with Crippen molar-refractivity contribution in [1.29, 1.82) is 0 Å². The minimum atomic E-state index is -0.843. The van der Waals surface area contributed by atoms with Crippen LogP contribution in [0, 0.1) is 18.8 Å². The Labute approximate surface area is 241 Å². The average molecular weight is 565 g/mol. The zero-order chi connectivity index (χ0) is 28.3. The predicted octanol–water partition coefficient (Wildman–Crippen LogP) is 4.83. The topological polar surface area (TPSA) is 103 Å². The third-order valence-electron chi connectivity index (χ3n) is 7.27. The second kappa shape index (κ2) is 16.7. The Morgan fingerprint density at radius 2 is 1.79 bits per heavy atom. The fourth-order valence-electron chi connectivity index (χ4n) is 4.48. The highest BCUT2D eigenvalue weighted by atomic mass is 35.5. The Hall–Kier alpha value is -2.32. The van der Waals surface area contributed by atoms with Crippen LogP contribution in [0.3, 0.4) is 0 Å². The van der Waals surface area contributed by atoms with Crippen LogP contribution >= 0.6 is 12.4 Å². The minimum Gasteiger partial charge on any atom is -0.493 e. The normalized spacial score (nSPS) is 13.8. The second-order valence-corrected chi connectivity index (χ2v) is 11.1. The van der Waals surface area contributed by atoms with Gasteiger partial charge in [-0.15, -0.1) is 12.4 Å². The first kappa shape index (κ1) is 34.7. The maximum atomic E-state index is 13.0. The number of ether oxygens (including phenoxy) is 3. The maximum Gasteiger partial charge on any atom is 0.230 e. The number of aryl methyl sites for hydroxylation is 1. The summed E-state index contributed by atoms with van der Waals surface area (Å²) in [4.78, 5) is 13.0. The molecule has 4 N–H and O–H groups in total. The number of amides is 1. The molecule has 0 aliphatic rings. The summed E-state index contributed by atoms with van der Waals surface area (Å²) in [6.07, 6.45) is 1.38. The molecule has 0 saturated heterocycles. The molecule has 0 saturated carbocycles. The number of nitrogens with one attached hydrogen (secondary N) is 1. The van der Waals surface area contributed by atoms with Crippen LogP contribution in [0.15, 0.2) is 42.5 Å². The van der Waals surface area contributed by atoms with Crippen molar-refractivity contribution in [2.24, 2.45) is 17.6 Å². The largest absolute Gasteiger partial charge is 0.493 e. The van der Waals surface area contributed by atoms with Crippen LogP contribution in [0.5, 0.6) is 11.5 Å². The molecular weight excluding hydrogens is 516 g/mol. The van der Waals surface area contributed by atoms with Crippen LogP contribution in [-0.2, 0) is 21.4 Å². The molecule has 0 spiro atoms. The molecule has 7 nitrogen and oxygen atoms in total. The third-order valence-corrected chi connectivity index (χ3v) is 7.27. The van der Waals surface area contributed by atoms with Gasteiger partial charge in [0.2, 0.25) is 5.91 Å². The number of aliphatic hydroxyl groups excluding tert-OH is 1. The fraction of sp³-hybridized carbons (Fsp3) is 0.581. The number of methoxy groups -OCH3 is 2. The maximum absolute atomic E-state index is 13.0. The summed E-state index contributed by atoms with van der Waals surface area (Å²) in [5.41, 5.74) is 8.90. The molecule has 3 atom stereocenters. The van der Waals surface area contributed by atoms with Crippen LogP contribution in [0.25, 0.3) is 0 Å². The van der Waals surface area contributed by atoms with Crippen molar-refractivity contribution in [2.45, 2.75) is 71.4 Å². The molecule has 0 heterocycles. The molecule has 0 aromatic heterocycles. The summed E-state index contributed by atoms with van der Waals surface area (Å²) in [7, 11) is 3.31. The van der Waals surface area contributed by atoms with Crippen LogP contribution in [0.2, 0.25) is 0 Å². The number of hydrogen-bond acceptors (Lipinski definition) is 6. The molecule has 220 valence electrons.